The highest BCUT2D eigenvalue weighted by Gasteiger charge is 2.23. The van der Waals surface area contributed by atoms with Crippen molar-refractivity contribution in [3.05, 3.63) is 23.9 Å². The van der Waals surface area contributed by atoms with Gasteiger partial charge in [-0.3, -0.25) is 10.1 Å². The zero-order valence-electron chi connectivity index (χ0n) is 12.9. The maximum Gasteiger partial charge on any atom is 0.342 e. The molecule has 2 rings (SSSR count). The molecule has 0 aliphatic heterocycles. The Balaban J connectivity index is 1.83. The second-order valence-corrected chi connectivity index (χ2v) is 5.43. The molecule has 0 saturated heterocycles. The minimum absolute atomic E-state index is 0.0177. The summed E-state index contributed by atoms with van der Waals surface area (Å²) >= 11 is 0. The highest BCUT2D eigenvalue weighted by Crippen LogP contribution is 2.17. The first-order valence-corrected chi connectivity index (χ1v) is 7.50. The highest BCUT2D eigenvalue weighted by molar-refractivity contribution is 5.99. The molecule has 0 unspecified atom stereocenters. The van der Waals surface area contributed by atoms with Crippen molar-refractivity contribution in [2.75, 3.05) is 5.73 Å². The maximum absolute atomic E-state index is 11.9. The molecule has 1 aromatic rings. The molecular formula is C15H20N4O4. The third-order valence-corrected chi connectivity index (χ3v) is 3.64. The SMILES string of the molecule is C[C@@H](OC(=O)c1cccnc1N)C(=O)NC(=O)NC1CCCC1. The zero-order chi connectivity index (χ0) is 16.8. The molecule has 0 aromatic carbocycles. The summed E-state index contributed by atoms with van der Waals surface area (Å²) in [6.45, 7) is 1.38. The quantitative estimate of drug-likeness (QED) is 0.710. The molecule has 1 atom stereocenters. The molecule has 1 heterocycles. The van der Waals surface area contributed by atoms with E-state index in [2.05, 4.69) is 15.6 Å². The Kier molecular flexibility index (Phi) is 5.51. The van der Waals surface area contributed by atoms with Gasteiger partial charge >= 0.3 is 12.0 Å². The number of hydrogen-bond acceptors (Lipinski definition) is 6. The normalized spacial score (nSPS) is 15.7. The summed E-state index contributed by atoms with van der Waals surface area (Å²) in [5, 5.41) is 4.88. The Morgan fingerprint density at radius 1 is 1.35 bits per heavy atom. The van der Waals surface area contributed by atoms with Crippen LogP contribution in [0.5, 0.6) is 0 Å². The first kappa shape index (κ1) is 16.7. The van der Waals surface area contributed by atoms with Gasteiger partial charge in [-0.25, -0.2) is 14.6 Å². The molecular weight excluding hydrogens is 300 g/mol. The van der Waals surface area contributed by atoms with E-state index >= 15 is 0 Å². The minimum Gasteiger partial charge on any atom is -0.449 e. The summed E-state index contributed by atoms with van der Waals surface area (Å²) in [5.41, 5.74) is 5.64. The Morgan fingerprint density at radius 3 is 2.70 bits per heavy atom. The van der Waals surface area contributed by atoms with Gasteiger partial charge in [-0.2, -0.15) is 0 Å². The second kappa shape index (κ2) is 7.57. The van der Waals surface area contributed by atoms with Gasteiger partial charge in [0.25, 0.3) is 5.91 Å². The average Bonchev–Trinajstić information content (AvgIpc) is 3.00. The van der Waals surface area contributed by atoms with E-state index in [-0.39, 0.29) is 17.4 Å². The van der Waals surface area contributed by atoms with Crippen molar-refractivity contribution in [1.29, 1.82) is 0 Å². The van der Waals surface area contributed by atoms with Crippen molar-refractivity contribution in [3.63, 3.8) is 0 Å². The number of rotatable bonds is 4. The number of imide groups is 1. The molecule has 1 saturated carbocycles. The zero-order valence-corrected chi connectivity index (χ0v) is 12.9. The van der Waals surface area contributed by atoms with Crippen molar-refractivity contribution in [1.82, 2.24) is 15.6 Å². The van der Waals surface area contributed by atoms with Crippen molar-refractivity contribution >= 4 is 23.7 Å². The lowest BCUT2D eigenvalue weighted by Crippen LogP contribution is -2.47. The fourth-order valence-corrected chi connectivity index (χ4v) is 2.37. The lowest BCUT2D eigenvalue weighted by atomic mass is 10.2. The summed E-state index contributed by atoms with van der Waals surface area (Å²) in [7, 11) is 0. The third-order valence-electron chi connectivity index (χ3n) is 3.64. The fourth-order valence-electron chi connectivity index (χ4n) is 2.37. The van der Waals surface area contributed by atoms with E-state index in [0.29, 0.717) is 0 Å². The molecule has 1 aromatic heterocycles. The van der Waals surface area contributed by atoms with E-state index in [9.17, 15) is 14.4 Å². The molecule has 0 radical (unpaired) electrons. The number of carbonyl (C=O) groups excluding carboxylic acids is 3. The number of amides is 3. The predicted molar refractivity (Wildman–Crippen MR) is 82.5 cm³/mol. The van der Waals surface area contributed by atoms with Crippen molar-refractivity contribution in [2.24, 2.45) is 0 Å². The average molecular weight is 320 g/mol. The first-order chi connectivity index (χ1) is 11.0. The van der Waals surface area contributed by atoms with Crippen LogP contribution < -0.4 is 16.4 Å². The highest BCUT2D eigenvalue weighted by atomic mass is 16.5. The summed E-state index contributed by atoms with van der Waals surface area (Å²) in [6, 6.07) is 2.50. The number of anilines is 1. The Labute approximate surface area is 133 Å². The minimum atomic E-state index is -1.13. The van der Waals surface area contributed by atoms with E-state index in [1.165, 1.54) is 25.3 Å². The lowest BCUT2D eigenvalue weighted by Gasteiger charge is -2.15. The number of pyridine rings is 1. The van der Waals surface area contributed by atoms with Gasteiger partial charge < -0.3 is 15.8 Å². The Morgan fingerprint density at radius 2 is 2.04 bits per heavy atom. The standard InChI is InChI=1S/C15H20N4O4/c1-9(23-14(21)11-7-4-8-17-12(11)16)13(20)19-15(22)18-10-5-2-3-6-10/h4,7-10H,2-3,5-6H2,1H3,(H2,16,17)(H2,18,19,20,22)/t9-/m1/s1. The predicted octanol–water partition coefficient (Wildman–Crippen LogP) is 0.977. The molecule has 8 heteroatoms. The number of nitrogens with zero attached hydrogens (tertiary/aromatic N) is 1. The number of esters is 1. The van der Waals surface area contributed by atoms with Crippen LogP contribution in [0.3, 0.4) is 0 Å². The van der Waals surface area contributed by atoms with Crippen LogP contribution in [0.25, 0.3) is 0 Å². The van der Waals surface area contributed by atoms with Crippen LogP contribution in [-0.4, -0.2) is 35.0 Å². The van der Waals surface area contributed by atoms with Gasteiger partial charge in [0.2, 0.25) is 0 Å². The number of nitrogens with one attached hydrogen (secondary N) is 2. The van der Waals surface area contributed by atoms with Crippen molar-refractivity contribution in [2.45, 2.75) is 44.8 Å². The molecule has 8 nitrogen and oxygen atoms in total. The van der Waals surface area contributed by atoms with Gasteiger partial charge in [0.1, 0.15) is 11.4 Å². The number of nitrogens with two attached hydrogens (primary N) is 1. The van der Waals surface area contributed by atoms with E-state index < -0.39 is 24.0 Å². The maximum atomic E-state index is 11.9. The van der Waals surface area contributed by atoms with Gasteiger partial charge in [0.15, 0.2) is 6.10 Å². The molecule has 124 valence electrons. The van der Waals surface area contributed by atoms with Crippen LogP contribution in [0.2, 0.25) is 0 Å². The Hall–Kier alpha value is -2.64. The smallest absolute Gasteiger partial charge is 0.342 e. The number of ether oxygens (including phenoxy) is 1. The number of hydrogen-bond donors (Lipinski definition) is 3. The summed E-state index contributed by atoms with van der Waals surface area (Å²) in [6.07, 6.45) is 4.27. The largest absolute Gasteiger partial charge is 0.449 e. The summed E-state index contributed by atoms with van der Waals surface area (Å²) < 4.78 is 5.00. The van der Waals surface area contributed by atoms with Gasteiger partial charge in [-0.15, -0.1) is 0 Å². The topological polar surface area (TPSA) is 123 Å². The molecule has 3 amide bonds. The second-order valence-electron chi connectivity index (χ2n) is 5.43. The monoisotopic (exact) mass is 320 g/mol. The number of nitrogen functional groups attached to an aromatic ring is 1. The van der Waals surface area contributed by atoms with Crippen LogP contribution in [0.15, 0.2) is 18.3 Å². The number of aromatic nitrogens is 1. The number of urea groups is 1. The van der Waals surface area contributed by atoms with Crippen LogP contribution in [0, 0.1) is 0 Å². The van der Waals surface area contributed by atoms with Crippen molar-refractivity contribution in [3.8, 4) is 0 Å². The van der Waals surface area contributed by atoms with Gasteiger partial charge in [0.05, 0.1) is 0 Å². The van der Waals surface area contributed by atoms with Crippen molar-refractivity contribution < 1.29 is 19.1 Å². The van der Waals surface area contributed by atoms with Crippen LogP contribution >= 0.6 is 0 Å². The van der Waals surface area contributed by atoms with Crippen LogP contribution in [-0.2, 0) is 9.53 Å². The molecule has 0 spiro atoms. The van der Waals surface area contributed by atoms with E-state index in [1.807, 2.05) is 0 Å². The van der Waals surface area contributed by atoms with Gasteiger partial charge in [0, 0.05) is 12.2 Å². The molecule has 4 N–H and O–H groups in total. The van der Waals surface area contributed by atoms with Gasteiger partial charge in [-0.05, 0) is 31.9 Å². The van der Waals surface area contributed by atoms with E-state index in [0.717, 1.165) is 25.7 Å². The van der Waals surface area contributed by atoms with Crippen LogP contribution in [0.4, 0.5) is 10.6 Å². The summed E-state index contributed by atoms with van der Waals surface area (Å²) in [5.74, 6) is -1.45. The van der Waals surface area contributed by atoms with E-state index in [4.69, 9.17) is 10.5 Å². The van der Waals surface area contributed by atoms with E-state index in [1.54, 1.807) is 0 Å². The number of carbonyl (C=O) groups is 3. The lowest BCUT2D eigenvalue weighted by molar-refractivity contribution is -0.127. The third kappa shape index (κ3) is 4.67. The summed E-state index contributed by atoms with van der Waals surface area (Å²) in [4.78, 5) is 39.3. The molecule has 1 fully saturated rings. The Bertz CT molecular complexity index is 599. The first-order valence-electron chi connectivity index (χ1n) is 7.50. The molecule has 1 aliphatic rings. The van der Waals surface area contributed by atoms with Gasteiger partial charge in [-0.1, -0.05) is 12.8 Å². The molecule has 0 bridgehead atoms. The fraction of sp³-hybridized carbons (Fsp3) is 0.467. The molecule has 23 heavy (non-hydrogen) atoms. The van der Waals surface area contributed by atoms with Crippen LogP contribution in [0.1, 0.15) is 43.0 Å². The molecule has 1 aliphatic carbocycles.